The Balaban J connectivity index is 1.68. The summed E-state index contributed by atoms with van der Waals surface area (Å²) in [5, 5.41) is 10.8. The summed E-state index contributed by atoms with van der Waals surface area (Å²) in [6.45, 7) is 1.58. The maximum Gasteiger partial charge on any atom is 0.314 e. The monoisotopic (exact) mass is 315 g/mol. The van der Waals surface area contributed by atoms with Crippen molar-refractivity contribution in [3.8, 4) is 5.75 Å². The fraction of sp³-hybridized carbons (Fsp3) is 0.235. The third-order valence-electron chi connectivity index (χ3n) is 3.98. The zero-order chi connectivity index (χ0) is 16.6. The number of rotatable bonds is 4. The first-order valence-corrected chi connectivity index (χ1v) is 7.18. The summed E-state index contributed by atoms with van der Waals surface area (Å²) in [6, 6.07) is 10.5. The van der Waals surface area contributed by atoms with E-state index >= 15 is 0 Å². The van der Waals surface area contributed by atoms with Gasteiger partial charge in [0.2, 0.25) is 0 Å². The zero-order valence-corrected chi connectivity index (χ0v) is 12.4. The second kappa shape index (κ2) is 5.79. The van der Waals surface area contributed by atoms with Gasteiger partial charge in [-0.1, -0.05) is 18.2 Å². The third-order valence-corrected chi connectivity index (χ3v) is 3.98. The summed E-state index contributed by atoms with van der Waals surface area (Å²) >= 11 is 0. The standard InChI is InChI=1S/C17H14FNO4/c1-10-8-11(6-7-16(10)19(21)22)23-17(20)14-9-13(14)12-4-2-3-5-15(12)18/h2-8,13-14H,9H2,1H3. The molecule has 0 amide bonds. The van der Waals surface area contributed by atoms with Crippen LogP contribution in [0.2, 0.25) is 0 Å². The van der Waals surface area contributed by atoms with E-state index in [1.807, 2.05) is 0 Å². The number of ether oxygens (including phenoxy) is 1. The van der Waals surface area contributed by atoms with Gasteiger partial charge in [0.05, 0.1) is 10.8 Å². The maximum atomic E-state index is 13.7. The number of nitro benzene ring substituents is 1. The Labute approximate surface area is 131 Å². The number of carbonyl (C=O) groups is 1. The van der Waals surface area contributed by atoms with Gasteiger partial charge in [-0.3, -0.25) is 14.9 Å². The number of benzene rings is 2. The third kappa shape index (κ3) is 3.06. The summed E-state index contributed by atoms with van der Waals surface area (Å²) in [4.78, 5) is 22.4. The average molecular weight is 315 g/mol. The Morgan fingerprint density at radius 2 is 2.04 bits per heavy atom. The lowest BCUT2D eigenvalue weighted by Gasteiger charge is -2.06. The van der Waals surface area contributed by atoms with Crippen LogP contribution in [-0.4, -0.2) is 10.9 Å². The van der Waals surface area contributed by atoms with Gasteiger partial charge in [0, 0.05) is 17.5 Å². The van der Waals surface area contributed by atoms with Crippen LogP contribution in [0.4, 0.5) is 10.1 Å². The summed E-state index contributed by atoms with van der Waals surface area (Å²) in [5.41, 5.74) is 0.913. The molecule has 1 saturated carbocycles. The van der Waals surface area contributed by atoms with Gasteiger partial charge in [-0.05, 0) is 37.1 Å². The summed E-state index contributed by atoms with van der Waals surface area (Å²) in [5.74, 6) is -1.03. The van der Waals surface area contributed by atoms with E-state index < -0.39 is 10.9 Å². The molecule has 2 aromatic carbocycles. The fourth-order valence-electron chi connectivity index (χ4n) is 2.66. The van der Waals surface area contributed by atoms with E-state index in [1.54, 1.807) is 25.1 Å². The van der Waals surface area contributed by atoms with Crippen molar-refractivity contribution in [2.45, 2.75) is 19.3 Å². The van der Waals surface area contributed by atoms with E-state index in [2.05, 4.69) is 0 Å². The van der Waals surface area contributed by atoms with E-state index in [-0.39, 0.29) is 29.1 Å². The minimum absolute atomic E-state index is 0.0274. The predicted octanol–water partition coefficient (Wildman–Crippen LogP) is 3.75. The number of carbonyl (C=O) groups excluding carboxylic acids is 1. The summed E-state index contributed by atoms with van der Waals surface area (Å²) in [6.07, 6.45) is 0.547. The molecule has 0 spiro atoms. The number of halogens is 1. The van der Waals surface area contributed by atoms with Crippen molar-refractivity contribution in [3.05, 3.63) is 69.5 Å². The highest BCUT2D eigenvalue weighted by atomic mass is 19.1. The predicted molar refractivity (Wildman–Crippen MR) is 80.7 cm³/mol. The van der Waals surface area contributed by atoms with Crippen molar-refractivity contribution in [2.75, 3.05) is 0 Å². The lowest BCUT2D eigenvalue weighted by atomic mass is 10.1. The van der Waals surface area contributed by atoms with Gasteiger partial charge < -0.3 is 4.74 Å². The van der Waals surface area contributed by atoms with Crippen LogP contribution in [0.15, 0.2) is 42.5 Å². The van der Waals surface area contributed by atoms with Crippen LogP contribution in [0.25, 0.3) is 0 Å². The number of esters is 1. The van der Waals surface area contributed by atoms with Gasteiger partial charge in [-0.25, -0.2) is 4.39 Å². The molecule has 6 heteroatoms. The Kier molecular flexibility index (Phi) is 3.82. The second-order valence-electron chi connectivity index (χ2n) is 5.60. The van der Waals surface area contributed by atoms with Crippen LogP contribution in [0.5, 0.6) is 5.75 Å². The Morgan fingerprint density at radius 3 is 2.70 bits per heavy atom. The molecule has 0 radical (unpaired) electrons. The summed E-state index contributed by atoms with van der Waals surface area (Å²) < 4.78 is 19.0. The molecule has 2 unspecified atom stereocenters. The summed E-state index contributed by atoms with van der Waals surface area (Å²) in [7, 11) is 0. The molecule has 0 aromatic heterocycles. The molecule has 118 valence electrons. The lowest BCUT2D eigenvalue weighted by Crippen LogP contribution is -2.11. The normalized spacial score (nSPS) is 19.2. The van der Waals surface area contributed by atoms with Crippen LogP contribution in [0, 0.1) is 28.8 Å². The van der Waals surface area contributed by atoms with Gasteiger partial charge in [0.1, 0.15) is 11.6 Å². The quantitative estimate of drug-likeness (QED) is 0.373. The molecule has 1 fully saturated rings. The molecule has 0 saturated heterocycles. The molecule has 2 atom stereocenters. The van der Waals surface area contributed by atoms with E-state index in [9.17, 15) is 19.3 Å². The van der Waals surface area contributed by atoms with Crippen LogP contribution in [0.1, 0.15) is 23.5 Å². The Hall–Kier alpha value is -2.76. The highest BCUT2D eigenvalue weighted by Crippen LogP contribution is 2.49. The van der Waals surface area contributed by atoms with Crippen LogP contribution in [0.3, 0.4) is 0 Å². The van der Waals surface area contributed by atoms with Crippen molar-refractivity contribution in [2.24, 2.45) is 5.92 Å². The fourth-order valence-corrected chi connectivity index (χ4v) is 2.66. The van der Waals surface area contributed by atoms with Crippen molar-refractivity contribution in [1.29, 1.82) is 0 Å². The highest BCUT2D eigenvalue weighted by molar-refractivity contribution is 5.79. The van der Waals surface area contributed by atoms with Gasteiger partial charge >= 0.3 is 5.97 Å². The van der Waals surface area contributed by atoms with Crippen molar-refractivity contribution >= 4 is 11.7 Å². The largest absolute Gasteiger partial charge is 0.426 e. The molecule has 0 N–H and O–H groups in total. The molecule has 2 aromatic rings. The SMILES string of the molecule is Cc1cc(OC(=O)C2CC2c2ccccc2F)ccc1[N+](=O)[O-]. The smallest absolute Gasteiger partial charge is 0.314 e. The number of nitro groups is 1. The maximum absolute atomic E-state index is 13.7. The molecule has 5 nitrogen and oxygen atoms in total. The molecule has 0 heterocycles. The minimum Gasteiger partial charge on any atom is -0.426 e. The van der Waals surface area contributed by atoms with E-state index in [0.717, 1.165) is 0 Å². The van der Waals surface area contributed by atoms with Crippen molar-refractivity contribution < 1.29 is 18.8 Å². The zero-order valence-electron chi connectivity index (χ0n) is 12.4. The van der Waals surface area contributed by atoms with E-state index in [1.165, 1.54) is 24.3 Å². The molecule has 1 aliphatic carbocycles. The van der Waals surface area contributed by atoms with Crippen LogP contribution in [-0.2, 0) is 4.79 Å². The lowest BCUT2D eigenvalue weighted by molar-refractivity contribution is -0.385. The van der Waals surface area contributed by atoms with Crippen LogP contribution < -0.4 is 4.74 Å². The van der Waals surface area contributed by atoms with Crippen molar-refractivity contribution in [1.82, 2.24) is 0 Å². The molecular weight excluding hydrogens is 301 g/mol. The first-order chi connectivity index (χ1) is 11.0. The van der Waals surface area contributed by atoms with Gasteiger partial charge in [-0.2, -0.15) is 0 Å². The average Bonchev–Trinajstić information content (AvgIpc) is 3.28. The topological polar surface area (TPSA) is 69.4 Å². The molecule has 0 bridgehead atoms. The highest BCUT2D eigenvalue weighted by Gasteiger charge is 2.46. The number of hydrogen-bond acceptors (Lipinski definition) is 4. The minimum atomic E-state index is -0.490. The first-order valence-electron chi connectivity index (χ1n) is 7.18. The van der Waals surface area contributed by atoms with E-state index in [0.29, 0.717) is 17.5 Å². The number of aryl methyl sites for hydroxylation is 1. The second-order valence-corrected chi connectivity index (χ2v) is 5.60. The van der Waals surface area contributed by atoms with Crippen LogP contribution >= 0.6 is 0 Å². The molecule has 3 rings (SSSR count). The van der Waals surface area contributed by atoms with Gasteiger partial charge in [0.15, 0.2) is 0 Å². The van der Waals surface area contributed by atoms with Gasteiger partial charge in [-0.15, -0.1) is 0 Å². The van der Waals surface area contributed by atoms with E-state index in [4.69, 9.17) is 4.74 Å². The molecular formula is C17H14FNO4. The Bertz CT molecular complexity index is 790. The molecule has 0 aliphatic heterocycles. The van der Waals surface area contributed by atoms with Gasteiger partial charge in [0.25, 0.3) is 5.69 Å². The van der Waals surface area contributed by atoms with Crippen molar-refractivity contribution in [3.63, 3.8) is 0 Å². The molecule has 23 heavy (non-hydrogen) atoms. The molecule has 1 aliphatic rings. The first kappa shape index (κ1) is 15.1. The Morgan fingerprint density at radius 1 is 1.30 bits per heavy atom. The number of hydrogen-bond donors (Lipinski definition) is 0. The number of nitrogens with zero attached hydrogens (tertiary/aromatic N) is 1.